The Morgan fingerprint density at radius 2 is 2.10 bits per heavy atom. The SMILES string of the molecule is CC(C)c1c([C@@H](C)c2cccc(F)c2)nn2c(N)nc(O[C@@H]3CCCNC3)nc12. The number of hydrogen-bond donors (Lipinski definition) is 2. The molecule has 1 saturated heterocycles. The van der Waals surface area contributed by atoms with E-state index in [2.05, 4.69) is 29.1 Å². The van der Waals surface area contributed by atoms with Gasteiger partial charge in [0.25, 0.3) is 0 Å². The Kier molecular flexibility index (Phi) is 5.36. The summed E-state index contributed by atoms with van der Waals surface area (Å²) in [7, 11) is 0. The van der Waals surface area contributed by atoms with E-state index in [1.54, 1.807) is 16.6 Å². The molecule has 3 heterocycles. The first-order valence-corrected chi connectivity index (χ1v) is 10.1. The number of anilines is 1. The number of nitrogens with one attached hydrogen (secondary N) is 1. The number of aromatic nitrogens is 4. The highest BCUT2D eigenvalue weighted by molar-refractivity contribution is 5.57. The molecule has 2 atom stereocenters. The Bertz CT molecular complexity index is 1010. The number of halogens is 1. The van der Waals surface area contributed by atoms with Gasteiger partial charge in [-0.25, -0.2) is 4.39 Å². The molecule has 3 aromatic rings. The summed E-state index contributed by atoms with van der Waals surface area (Å²) in [4.78, 5) is 8.96. The van der Waals surface area contributed by atoms with Crippen molar-refractivity contribution in [2.45, 2.75) is 51.6 Å². The molecule has 154 valence electrons. The zero-order valence-electron chi connectivity index (χ0n) is 17.0. The molecule has 0 spiro atoms. The molecule has 4 rings (SSSR count). The van der Waals surface area contributed by atoms with Gasteiger partial charge in [-0.2, -0.15) is 19.6 Å². The van der Waals surface area contributed by atoms with E-state index in [4.69, 9.17) is 15.6 Å². The van der Waals surface area contributed by atoms with Crippen LogP contribution in [0.4, 0.5) is 10.3 Å². The fourth-order valence-electron chi connectivity index (χ4n) is 3.90. The van der Waals surface area contributed by atoms with Gasteiger partial charge < -0.3 is 15.8 Å². The van der Waals surface area contributed by atoms with Crippen LogP contribution in [0.2, 0.25) is 0 Å². The summed E-state index contributed by atoms with van der Waals surface area (Å²) < 4.78 is 21.3. The summed E-state index contributed by atoms with van der Waals surface area (Å²) in [5, 5.41) is 8.02. The summed E-state index contributed by atoms with van der Waals surface area (Å²) in [6.45, 7) is 7.96. The van der Waals surface area contributed by atoms with Gasteiger partial charge in [0.15, 0.2) is 5.65 Å². The highest BCUT2D eigenvalue weighted by atomic mass is 19.1. The van der Waals surface area contributed by atoms with Gasteiger partial charge in [0.1, 0.15) is 11.9 Å². The molecule has 1 aromatic carbocycles. The van der Waals surface area contributed by atoms with E-state index in [-0.39, 0.29) is 35.7 Å². The largest absolute Gasteiger partial charge is 0.459 e. The molecule has 8 heteroatoms. The summed E-state index contributed by atoms with van der Waals surface area (Å²) in [6, 6.07) is 6.87. The number of nitrogens with two attached hydrogens (primary N) is 1. The average Bonchev–Trinajstić information content (AvgIpc) is 3.08. The Morgan fingerprint density at radius 1 is 1.28 bits per heavy atom. The Hall–Kier alpha value is -2.74. The van der Waals surface area contributed by atoms with E-state index in [1.807, 2.05) is 13.0 Å². The van der Waals surface area contributed by atoms with Gasteiger partial charge in [-0.3, -0.25) is 0 Å². The number of ether oxygens (including phenoxy) is 1. The van der Waals surface area contributed by atoms with E-state index < -0.39 is 0 Å². The first-order chi connectivity index (χ1) is 13.9. The summed E-state index contributed by atoms with van der Waals surface area (Å²) in [5.74, 6) is 0.00164. The minimum absolute atomic E-state index is 0.0294. The minimum Gasteiger partial charge on any atom is -0.459 e. The van der Waals surface area contributed by atoms with Crippen molar-refractivity contribution in [2.75, 3.05) is 18.8 Å². The van der Waals surface area contributed by atoms with Crippen molar-refractivity contribution in [3.8, 4) is 6.01 Å². The normalized spacial score (nSPS) is 18.3. The van der Waals surface area contributed by atoms with Gasteiger partial charge in [0, 0.05) is 18.0 Å². The van der Waals surface area contributed by atoms with Crippen molar-refractivity contribution < 1.29 is 9.13 Å². The highest BCUT2D eigenvalue weighted by Crippen LogP contribution is 2.34. The molecular weight excluding hydrogens is 371 g/mol. The number of hydrogen-bond acceptors (Lipinski definition) is 6. The number of fused-ring (bicyclic) bond motifs is 1. The van der Waals surface area contributed by atoms with Crippen molar-refractivity contribution >= 4 is 11.6 Å². The lowest BCUT2D eigenvalue weighted by molar-refractivity contribution is 0.153. The molecule has 7 nitrogen and oxygen atoms in total. The second kappa shape index (κ2) is 7.94. The third kappa shape index (κ3) is 3.89. The molecule has 1 aliphatic rings. The van der Waals surface area contributed by atoms with Crippen LogP contribution in [-0.2, 0) is 0 Å². The van der Waals surface area contributed by atoms with E-state index >= 15 is 0 Å². The fraction of sp³-hybridized carbons (Fsp3) is 0.476. The number of piperidine rings is 1. The van der Waals surface area contributed by atoms with E-state index in [9.17, 15) is 4.39 Å². The predicted octanol–water partition coefficient (Wildman–Crippen LogP) is 3.25. The van der Waals surface area contributed by atoms with Crippen LogP contribution in [0.15, 0.2) is 24.3 Å². The molecule has 0 unspecified atom stereocenters. The Morgan fingerprint density at radius 3 is 2.79 bits per heavy atom. The lowest BCUT2D eigenvalue weighted by atomic mass is 9.91. The van der Waals surface area contributed by atoms with Crippen LogP contribution < -0.4 is 15.8 Å². The second-order valence-corrected chi connectivity index (χ2v) is 7.92. The summed E-state index contributed by atoms with van der Waals surface area (Å²) in [6.07, 6.45) is 2.04. The van der Waals surface area contributed by atoms with E-state index in [1.165, 1.54) is 6.07 Å². The zero-order valence-corrected chi connectivity index (χ0v) is 17.0. The molecule has 1 fully saturated rings. The standard InChI is InChI=1S/C21H27FN6O/c1-12(2)17-18(13(3)14-6-4-7-15(22)10-14)27-28-19(17)25-21(26-20(28)23)29-16-8-5-9-24-11-16/h4,6-7,10,12-13,16,24H,5,8-9,11H2,1-3H3,(H2,23,25,26)/t13-,16+/m0/s1. The molecule has 0 aliphatic carbocycles. The second-order valence-electron chi connectivity index (χ2n) is 7.92. The third-order valence-electron chi connectivity index (χ3n) is 5.41. The first kappa shape index (κ1) is 19.6. The lowest BCUT2D eigenvalue weighted by Gasteiger charge is -2.22. The fourth-order valence-corrected chi connectivity index (χ4v) is 3.90. The minimum atomic E-state index is -0.264. The number of nitrogens with zero attached hydrogens (tertiary/aromatic N) is 4. The van der Waals surface area contributed by atoms with Gasteiger partial charge in [-0.05, 0) is 43.0 Å². The van der Waals surface area contributed by atoms with Gasteiger partial charge in [0.2, 0.25) is 5.95 Å². The maximum Gasteiger partial charge on any atom is 0.322 e. The number of rotatable bonds is 5. The van der Waals surface area contributed by atoms with Crippen LogP contribution in [0.25, 0.3) is 5.65 Å². The molecule has 1 aliphatic heterocycles. The van der Waals surface area contributed by atoms with Crippen molar-refractivity contribution in [2.24, 2.45) is 0 Å². The third-order valence-corrected chi connectivity index (χ3v) is 5.41. The highest BCUT2D eigenvalue weighted by Gasteiger charge is 2.25. The summed E-state index contributed by atoms with van der Waals surface area (Å²) in [5.41, 5.74) is 9.49. The smallest absolute Gasteiger partial charge is 0.322 e. The van der Waals surface area contributed by atoms with Crippen molar-refractivity contribution in [1.29, 1.82) is 0 Å². The van der Waals surface area contributed by atoms with Crippen molar-refractivity contribution in [1.82, 2.24) is 24.9 Å². The van der Waals surface area contributed by atoms with Gasteiger partial charge >= 0.3 is 6.01 Å². The maximum absolute atomic E-state index is 13.8. The number of nitrogen functional groups attached to an aromatic ring is 1. The van der Waals surface area contributed by atoms with Crippen LogP contribution in [0, 0.1) is 5.82 Å². The topological polar surface area (TPSA) is 90.4 Å². The molecular formula is C21H27FN6O. The van der Waals surface area contributed by atoms with Crippen LogP contribution in [0.1, 0.15) is 62.3 Å². The van der Waals surface area contributed by atoms with Crippen LogP contribution >= 0.6 is 0 Å². The molecule has 0 radical (unpaired) electrons. The van der Waals surface area contributed by atoms with Crippen molar-refractivity contribution in [3.63, 3.8) is 0 Å². The zero-order chi connectivity index (χ0) is 20.5. The van der Waals surface area contributed by atoms with Gasteiger partial charge in [-0.1, -0.05) is 32.9 Å². The van der Waals surface area contributed by atoms with Crippen molar-refractivity contribution in [3.05, 3.63) is 46.9 Å². The summed E-state index contributed by atoms with van der Waals surface area (Å²) >= 11 is 0. The Balaban J connectivity index is 1.77. The molecule has 3 N–H and O–H groups in total. The maximum atomic E-state index is 13.8. The molecule has 0 amide bonds. The predicted molar refractivity (Wildman–Crippen MR) is 110 cm³/mol. The van der Waals surface area contributed by atoms with E-state index in [0.717, 1.165) is 42.8 Å². The van der Waals surface area contributed by atoms with Crippen LogP contribution in [0.5, 0.6) is 6.01 Å². The molecule has 29 heavy (non-hydrogen) atoms. The molecule has 2 aromatic heterocycles. The van der Waals surface area contributed by atoms with Gasteiger partial charge in [0.05, 0.1) is 5.69 Å². The Labute approximate surface area is 169 Å². The van der Waals surface area contributed by atoms with Crippen LogP contribution in [-0.4, -0.2) is 38.8 Å². The monoisotopic (exact) mass is 398 g/mol. The molecule has 0 bridgehead atoms. The molecule has 0 saturated carbocycles. The lowest BCUT2D eigenvalue weighted by Crippen LogP contribution is -2.37. The number of benzene rings is 1. The average molecular weight is 398 g/mol. The van der Waals surface area contributed by atoms with Crippen LogP contribution in [0.3, 0.4) is 0 Å². The quantitative estimate of drug-likeness (QED) is 0.686. The van der Waals surface area contributed by atoms with Gasteiger partial charge in [-0.15, -0.1) is 0 Å². The van der Waals surface area contributed by atoms with E-state index in [0.29, 0.717) is 5.65 Å². The first-order valence-electron chi connectivity index (χ1n) is 10.1.